The summed E-state index contributed by atoms with van der Waals surface area (Å²) in [6.45, 7) is 3.96. The van der Waals surface area contributed by atoms with Crippen molar-refractivity contribution in [3.8, 4) is 0 Å². The van der Waals surface area contributed by atoms with E-state index in [1.165, 1.54) is 0 Å². The average Bonchev–Trinajstić information content (AvgIpc) is 2.41. The molecule has 0 atom stereocenters. The van der Waals surface area contributed by atoms with Crippen LogP contribution >= 0.6 is 0 Å². The lowest BCUT2D eigenvalue weighted by Crippen LogP contribution is -2.23. The maximum absolute atomic E-state index is 11.8. The molecule has 2 aromatic heterocycles. The SMILES string of the molecule is CC(C)n1c(=O)n(C)c2cccnc21. The van der Waals surface area contributed by atoms with Gasteiger partial charge in [0.1, 0.15) is 0 Å². The number of fused-ring (bicyclic) bond motifs is 1. The van der Waals surface area contributed by atoms with Crippen molar-refractivity contribution in [1.29, 1.82) is 0 Å². The molecule has 0 amide bonds. The van der Waals surface area contributed by atoms with E-state index in [9.17, 15) is 4.79 Å². The Morgan fingerprint density at radius 3 is 2.79 bits per heavy atom. The summed E-state index contributed by atoms with van der Waals surface area (Å²) in [4.78, 5) is 16.0. The van der Waals surface area contributed by atoms with Crippen LogP contribution < -0.4 is 5.69 Å². The van der Waals surface area contributed by atoms with Crippen molar-refractivity contribution in [2.45, 2.75) is 19.9 Å². The Morgan fingerprint density at radius 1 is 1.43 bits per heavy atom. The molecule has 0 spiro atoms. The number of rotatable bonds is 1. The third-order valence-corrected chi connectivity index (χ3v) is 2.37. The minimum atomic E-state index is -0.00583. The number of imidazole rings is 1. The van der Waals surface area contributed by atoms with Crippen molar-refractivity contribution < 1.29 is 0 Å². The maximum atomic E-state index is 11.8. The van der Waals surface area contributed by atoms with Crippen LogP contribution in [-0.2, 0) is 7.05 Å². The molecule has 4 heteroatoms. The quantitative estimate of drug-likeness (QED) is 0.682. The summed E-state index contributed by atoms with van der Waals surface area (Å²) in [5.74, 6) is 0. The zero-order valence-corrected chi connectivity index (χ0v) is 8.56. The minimum Gasteiger partial charge on any atom is -0.293 e. The van der Waals surface area contributed by atoms with Gasteiger partial charge in [0.15, 0.2) is 5.65 Å². The van der Waals surface area contributed by atoms with Gasteiger partial charge < -0.3 is 0 Å². The predicted octanol–water partition coefficient (Wildman–Crippen LogP) is 1.32. The Morgan fingerprint density at radius 2 is 2.14 bits per heavy atom. The van der Waals surface area contributed by atoms with E-state index in [2.05, 4.69) is 4.98 Å². The molecule has 0 aliphatic rings. The van der Waals surface area contributed by atoms with Gasteiger partial charge in [-0.25, -0.2) is 9.78 Å². The summed E-state index contributed by atoms with van der Waals surface area (Å²) in [6, 6.07) is 3.88. The van der Waals surface area contributed by atoms with Gasteiger partial charge in [-0.1, -0.05) is 0 Å². The molecule has 0 bridgehead atoms. The van der Waals surface area contributed by atoms with Crippen LogP contribution in [0.25, 0.3) is 11.2 Å². The van der Waals surface area contributed by atoms with Gasteiger partial charge in [-0.2, -0.15) is 0 Å². The van der Waals surface area contributed by atoms with Crippen LogP contribution in [-0.4, -0.2) is 14.1 Å². The van der Waals surface area contributed by atoms with Gasteiger partial charge in [-0.05, 0) is 26.0 Å². The molecule has 0 aliphatic carbocycles. The van der Waals surface area contributed by atoms with Crippen LogP contribution in [0.1, 0.15) is 19.9 Å². The second kappa shape index (κ2) is 2.97. The number of pyridine rings is 1. The van der Waals surface area contributed by atoms with E-state index in [0.29, 0.717) is 0 Å². The van der Waals surface area contributed by atoms with Gasteiger partial charge in [-0.15, -0.1) is 0 Å². The molecule has 2 rings (SSSR count). The fraction of sp³-hybridized carbons (Fsp3) is 0.400. The standard InChI is InChI=1S/C10H13N3O/c1-7(2)13-9-8(5-4-6-11-9)12(3)10(13)14/h4-7H,1-3H3. The molecule has 0 saturated heterocycles. The topological polar surface area (TPSA) is 39.8 Å². The first-order valence-corrected chi connectivity index (χ1v) is 4.65. The first kappa shape index (κ1) is 8.99. The fourth-order valence-corrected chi connectivity index (χ4v) is 1.66. The Balaban J connectivity index is 2.95. The minimum absolute atomic E-state index is 0.00583. The lowest BCUT2D eigenvalue weighted by atomic mass is 10.4. The van der Waals surface area contributed by atoms with Crippen molar-refractivity contribution in [1.82, 2.24) is 14.1 Å². The van der Waals surface area contributed by atoms with Gasteiger partial charge in [0.2, 0.25) is 0 Å². The molecule has 0 aromatic carbocycles. The molecule has 0 N–H and O–H groups in total. The number of aryl methyl sites for hydroxylation is 1. The fourth-order valence-electron chi connectivity index (χ4n) is 1.66. The molecular formula is C10H13N3O. The van der Waals surface area contributed by atoms with Crippen molar-refractivity contribution in [3.63, 3.8) is 0 Å². The van der Waals surface area contributed by atoms with Crippen LogP contribution in [0, 0.1) is 0 Å². The number of nitrogens with zero attached hydrogens (tertiary/aromatic N) is 3. The summed E-state index contributed by atoms with van der Waals surface area (Å²) in [5.41, 5.74) is 1.63. The van der Waals surface area contributed by atoms with Gasteiger partial charge in [-0.3, -0.25) is 9.13 Å². The number of hydrogen-bond acceptors (Lipinski definition) is 2. The highest BCUT2D eigenvalue weighted by molar-refractivity contribution is 5.71. The van der Waals surface area contributed by atoms with E-state index < -0.39 is 0 Å². The third kappa shape index (κ3) is 1.07. The summed E-state index contributed by atoms with van der Waals surface area (Å²) >= 11 is 0. The molecular weight excluding hydrogens is 178 g/mol. The smallest absolute Gasteiger partial charge is 0.293 e. The zero-order chi connectivity index (χ0) is 10.3. The van der Waals surface area contributed by atoms with Crippen LogP contribution in [0.2, 0.25) is 0 Å². The molecule has 4 nitrogen and oxygen atoms in total. The molecule has 0 fully saturated rings. The average molecular weight is 191 g/mol. The molecule has 0 saturated carbocycles. The summed E-state index contributed by atoms with van der Waals surface area (Å²) in [6.07, 6.45) is 1.71. The molecule has 2 aromatic rings. The van der Waals surface area contributed by atoms with Crippen molar-refractivity contribution in [2.75, 3.05) is 0 Å². The highest BCUT2D eigenvalue weighted by atomic mass is 16.1. The first-order chi connectivity index (χ1) is 6.63. The van der Waals surface area contributed by atoms with Crippen molar-refractivity contribution in [3.05, 3.63) is 28.8 Å². The van der Waals surface area contributed by atoms with E-state index in [-0.39, 0.29) is 11.7 Å². The molecule has 0 unspecified atom stereocenters. The highest BCUT2D eigenvalue weighted by Gasteiger charge is 2.12. The monoisotopic (exact) mass is 191 g/mol. The Hall–Kier alpha value is -1.58. The van der Waals surface area contributed by atoms with Crippen molar-refractivity contribution >= 4 is 11.2 Å². The van der Waals surface area contributed by atoms with Crippen molar-refractivity contribution in [2.24, 2.45) is 7.05 Å². The number of hydrogen-bond donors (Lipinski definition) is 0. The molecule has 2 heterocycles. The summed E-state index contributed by atoms with van der Waals surface area (Å²) in [5, 5.41) is 0. The molecule has 14 heavy (non-hydrogen) atoms. The summed E-state index contributed by atoms with van der Waals surface area (Å²) in [7, 11) is 1.77. The Bertz CT molecular complexity index is 522. The highest BCUT2D eigenvalue weighted by Crippen LogP contribution is 2.12. The van der Waals surface area contributed by atoms with Crippen LogP contribution in [0.15, 0.2) is 23.1 Å². The largest absolute Gasteiger partial charge is 0.330 e. The number of aromatic nitrogens is 3. The van der Waals surface area contributed by atoms with Crippen LogP contribution in [0.4, 0.5) is 0 Å². The van der Waals surface area contributed by atoms with E-state index in [1.807, 2.05) is 26.0 Å². The van der Waals surface area contributed by atoms with E-state index >= 15 is 0 Å². The Kier molecular flexibility index (Phi) is 1.91. The second-order valence-electron chi connectivity index (χ2n) is 3.65. The Labute approximate surface area is 81.8 Å². The first-order valence-electron chi connectivity index (χ1n) is 4.65. The van der Waals surface area contributed by atoms with E-state index in [0.717, 1.165) is 11.2 Å². The van der Waals surface area contributed by atoms with Gasteiger partial charge in [0, 0.05) is 19.3 Å². The molecule has 0 aliphatic heterocycles. The predicted molar refractivity (Wildman–Crippen MR) is 55.4 cm³/mol. The maximum Gasteiger partial charge on any atom is 0.330 e. The molecule has 0 radical (unpaired) electrons. The second-order valence-corrected chi connectivity index (χ2v) is 3.65. The third-order valence-electron chi connectivity index (χ3n) is 2.37. The lowest BCUT2D eigenvalue weighted by molar-refractivity contribution is 0.579. The zero-order valence-electron chi connectivity index (χ0n) is 8.56. The lowest BCUT2D eigenvalue weighted by Gasteiger charge is -2.04. The van der Waals surface area contributed by atoms with Crippen LogP contribution in [0.5, 0.6) is 0 Å². The van der Waals surface area contributed by atoms with E-state index in [4.69, 9.17) is 0 Å². The van der Waals surface area contributed by atoms with Gasteiger partial charge in [0.25, 0.3) is 0 Å². The van der Waals surface area contributed by atoms with Gasteiger partial charge in [0.05, 0.1) is 5.52 Å². The molecule has 74 valence electrons. The van der Waals surface area contributed by atoms with Gasteiger partial charge >= 0.3 is 5.69 Å². The summed E-state index contributed by atoms with van der Waals surface area (Å²) < 4.78 is 3.33. The van der Waals surface area contributed by atoms with E-state index in [1.54, 1.807) is 22.4 Å². The normalized spacial score (nSPS) is 11.4. The van der Waals surface area contributed by atoms with Crippen LogP contribution in [0.3, 0.4) is 0 Å².